The Labute approximate surface area is 127 Å². The van der Waals surface area contributed by atoms with Crippen LogP contribution in [-0.2, 0) is 21.4 Å². The number of carbonyl (C=O) groups is 1. The first-order valence-electron chi connectivity index (χ1n) is 6.68. The normalized spacial score (nSPS) is 13.7. The number of hydrogen-bond donors (Lipinski definition) is 1. The second-order valence-electron chi connectivity index (χ2n) is 4.92. The predicted octanol–water partition coefficient (Wildman–Crippen LogP) is 2.89. The van der Waals surface area contributed by atoms with Crippen molar-refractivity contribution in [1.82, 2.24) is 0 Å². The minimum atomic E-state index is -1.02. The Morgan fingerprint density at radius 3 is 2.81 bits per heavy atom. The van der Waals surface area contributed by atoms with Gasteiger partial charge in [0.25, 0.3) is 0 Å². The molecular formula is C16H18FNO2S. The molecule has 0 fully saturated rings. The third-order valence-electron chi connectivity index (χ3n) is 3.72. The topological polar surface area (TPSA) is 52.3 Å². The lowest BCUT2D eigenvalue weighted by atomic mass is 9.76. The molecule has 2 rings (SSSR count). The molecule has 0 saturated heterocycles. The number of nitrogens with two attached hydrogens (primary N) is 1. The van der Waals surface area contributed by atoms with Gasteiger partial charge in [-0.05, 0) is 52.9 Å². The molecule has 0 aliphatic carbocycles. The van der Waals surface area contributed by atoms with Gasteiger partial charge in [-0.3, -0.25) is 4.79 Å². The number of hydrogen-bond acceptors (Lipinski definition) is 4. The molecule has 0 saturated carbocycles. The number of rotatable bonds is 6. The van der Waals surface area contributed by atoms with Crippen LogP contribution in [0.5, 0.6) is 0 Å². The van der Waals surface area contributed by atoms with Crippen molar-refractivity contribution in [3.05, 3.63) is 58.0 Å². The van der Waals surface area contributed by atoms with Gasteiger partial charge >= 0.3 is 5.97 Å². The van der Waals surface area contributed by atoms with Crippen LogP contribution in [0.2, 0.25) is 0 Å². The summed E-state index contributed by atoms with van der Waals surface area (Å²) >= 11 is 1.60. The Balaban J connectivity index is 2.35. The average Bonchev–Trinajstić information content (AvgIpc) is 3.01. The van der Waals surface area contributed by atoms with E-state index in [1.165, 1.54) is 19.2 Å². The average molecular weight is 307 g/mol. The van der Waals surface area contributed by atoms with Gasteiger partial charge in [-0.1, -0.05) is 12.1 Å². The maximum Gasteiger partial charge on any atom is 0.317 e. The molecule has 1 aromatic carbocycles. The number of ether oxygens (including phenoxy) is 1. The lowest BCUT2D eigenvalue weighted by molar-refractivity contribution is -0.147. The van der Waals surface area contributed by atoms with E-state index in [1.54, 1.807) is 23.5 Å². The van der Waals surface area contributed by atoms with Crippen molar-refractivity contribution in [3.8, 4) is 0 Å². The lowest BCUT2D eigenvalue weighted by Crippen LogP contribution is -2.44. The minimum absolute atomic E-state index is 0.0767. The number of aryl methyl sites for hydroxylation is 1. The van der Waals surface area contributed by atoms with Crippen molar-refractivity contribution in [2.75, 3.05) is 13.7 Å². The van der Waals surface area contributed by atoms with Crippen LogP contribution in [0.4, 0.5) is 4.39 Å². The summed E-state index contributed by atoms with van der Waals surface area (Å²) in [6.07, 6.45) is 1.17. The Bertz CT molecular complexity index is 600. The molecule has 21 heavy (non-hydrogen) atoms. The number of carbonyl (C=O) groups excluding carboxylic acids is 1. The van der Waals surface area contributed by atoms with Crippen LogP contribution in [-0.4, -0.2) is 19.6 Å². The van der Waals surface area contributed by atoms with E-state index < -0.39 is 11.4 Å². The third kappa shape index (κ3) is 3.31. The predicted molar refractivity (Wildman–Crippen MR) is 81.8 cm³/mol. The van der Waals surface area contributed by atoms with Crippen LogP contribution < -0.4 is 5.73 Å². The smallest absolute Gasteiger partial charge is 0.317 e. The van der Waals surface area contributed by atoms with Gasteiger partial charge in [0.2, 0.25) is 0 Å². The fraction of sp³-hybridized carbons (Fsp3) is 0.312. The van der Waals surface area contributed by atoms with Gasteiger partial charge in [0.15, 0.2) is 0 Å². The summed E-state index contributed by atoms with van der Waals surface area (Å²) in [6, 6.07) is 8.02. The van der Waals surface area contributed by atoms with E-state index in [9.17, 15) is 9.18 Å². The molecule has 1 heterocycles. The van der Waals surface area contributed by atoms with Crippen LogP contribution in [0.1, 0.15) is 17.5 Å². The summed E-state index contributed by atoms with van der Waals surface area (Å²) in [6.45, 7) is 0.0767. The van der Waals surface area contributed by atoms with Gasteiger partial charge < -0.3 is 10.5 Å². The summed E-state index contributed by atoms with van der Waals surface area (Å²) in [5.74, 6) is -0.810. The van der Waals surface area contributed by atoms with Crippen molar-refractivity contribution in [1.29, 1.82) is 0 Å². The summed E-state index contributed by atoms with van der Waals surface area (Å²) in [7, 11) is 1.33. The van der Waals surface area contributed by atoms with E-state index in [1.807, 2.05) is 16.8 Å². The van der Waals surface area contributed by atoms with Crippen LogP contribution in [0.25, 0.3) is 0 Å². The summed E-state index contributed by atoms with van der Waals surface area (Å²) in [5.41, 5.74) is 6.57. The van der Waals surface area contributed by atoms with Gasteiger partial charge in [-0.25, -0.2) is 4.39 Å². The summed E-state index contributed by atoms with van der Waals surface area (Å²) in [4.78, 5) is 12.3. The molecule has 0 spiro atoms. The van der Waals surface area contributed by atoms with E-state index in [0.717, 1.165) is 5.56 Å². The van der Waals surface area contributed by atoms with E-state index in [2.05, 4.69) is 0 Å². The second-order valence-corrected chi connectivity index (χ2v) is 5.70. The highest BCUT2D eigenvalue weighted by Crippen LogP contribution is 2.31. The monoisotopic (exact) mass is 307 g/mol. The first-order valence-corrected chi connectivity index (χ1v) is 7.62. The Morgan fingerprint density at radius 2 is 2.24 bits per heavy atom. The molecule has 0 radical (unpaired) electrons. The molecule has 112 valence electrons. The second kappa shape index (κ2) is 6.83. The van der Waals surface area contributed by atoms with Crippen molar-refractivity contribution < 1.29 is 13.9 Å². The summed E-state index contributed by atoms with van der Waals surface area (Å²) < 4.78 is 18.5. The van der Waals surface area contributed by atoms with Gasteiger partial charge in [-0.15, -0.1) is 0 Å². The largest absolute Gasteiger partial charge is 0.468 e. The summed E-state index contributed by atoms with van der Waals surface area (Å²) in [5, 5.41) is 4.02. The van der Waals surface area contributed by atoms with E-state index in [4.69, 9.17) is 10.5 Å². The number of halogens is 1. The van der Waals surface area contributed by atoms with Crippen molar-refractivity contribution in [3.63, 3.8) is 0 Å². The van der Waals surface area contributed by atoms with Gasteiger partial charge in [0.05, 0.1) is 7.11 Å². The number of benzene rings is 1. The zero-order valence-corrected chi connectivity index (χ0v) is 12.7. The standard InChI is InChI=1S/C16H18FNO2S/c1-20-15(19)16(11-18,7-5-12-6-8-21-10-12)13-3-2-4-14(17)9-13/h2-4,6,8-10H,5,7,11,18H2,1H3. The zero-order valence-electron chi connectivity index (χ0n) is 11.8. The highest BCUT2D eigenvalue weighted by molar-refractivity contribution is 7.07. The molecule has 0 aliphatic heterocycles. The molecular weight excluding hydrogens is 289 g/mol. The molecule has 1 aromatic heterocycles. The highest BCUT2D eigenvalue weighted by Gasteiger charge is 2.40. The molecule has 1 atom stereocenters. The minimum Gasteiger partial charge on any atom is -0.468 e. The Hall–Kier alpha value is -1.72. The fourth-order valence-electron chi connectivity index (χ4n) is 2.44. The number of thiophene rings is 1. The highest BCUT2D eigenvalue weighted by atomic mass is 32.1. The maximum absolute atomic E-state index is 13.5. The van der Waals surface area contributed by atoms with Crippen molar-refractivity contribution in [2.45, 2.75) is 18.3 Å². The number of esters is 1. The molecule has 0 bridgehead atoms. The third-order valence-corrected chi connectivity index (χ3v) is 4.45. The van der Waals surface area contributed by atoms with Crippen LogP contribution in [0.15, 0.2) is 41.1 Å². The van der Waals surface area contributed by atoms with Crippen LogP contribution in [0.3, 0.4) is 0 Å². The van der Waals surface area contributed by atoms with Gasteiger partial charge in [-0.2, -0.15) is 11.3 Å². The SMILES string of the molecule is COC(=O)C(CN)(CCc1ccsc1)c1cccc(F)c1. The van der Waals surface area contributed by atoms with E-state index >= 15 is 0 Å². The molecule has 2 N–H and O–H groups in total. The quantitative estimate of drug-likeness (QED) is 0.835. The first kappa shape index (κ1) is 15.7. The van der Waals surface area contributed by atoms with Gasteiger partial charge in [0.1, 0.15) is 11.2 Å². The molecule has 5 heteroatoms. The molecule has 0 amide bonds. The molecule has 1 unspecified atom stereocenters. The zero-order chi connectivity index (χ0) is 15.3. The fourth-order valence-corrected chi connectivity index (χ4v) is 3.14. The van der Waals surface area contributed by atoms with Crippen molar-refractivity contribution >= 4 is 17.3 Å². The van der Waals surface area contributed by atoms with E-state index in [-0.39, 0.29) is 12.4 Å². The maximum atomic E-state index is 13.5. The van der Waals surface area contributed by atoms with Crippen molar-refractivity contribution in [2.24, 2.45) is 5.73 Å². The molecule has 0 aliphatic rings. The lowest BCUT2D eigenvalue weighted by Gasteiger charge is -2.30. The molecule has 3 nitrogen and oxygen atoms in total. The molecule has 2 aromatic rings. The Morgan fingerprint density at radius 1 is 1.43 bits per heavy atom. The Kier molecular flexibility index (Phi) is 5.09. The first-order chi connectivity index (χ1) is 10.1. The van der Waals surface area contributed by atoms with Crippen LogP contribution in [0, 0.1) is 5.82 Å². The number of methoxy groups -OCH3 is 1. The van der Waals surface area contributed by atoms with Gasteiger partial charge in [0, 0.05) is 6.54 Å². The van der Waals surface area contributed by atoms with E-state index in [0.29, 0.717) is 18.4 Å². The van der Waals surface area contributed by atoms with Crippen LogP contribution >= 0.6 is 11.3 Å².